The van der Waals surface area contributed by atoms with Crippen LogP contribution >= 0.6 is 0 Å². The van der Waals surface area contributed by atoms with Crippen LogP contribution in [0.5, 0.6) is 11.6 Å². The zero-order valence-corrected chi connectivity index (χ0v) is 17.5. The van der Waals surface area contributed by atoms with Gasteiger partial charge in [0.25, 0.3) is 0 Å². The molecule has 1 aromatic carbocycles. The summed E-state index contributed by atoms with van der Waals surface area (Å²) in [5, 5.41) is 11.2. The van der Waals surface area contributed by atoms with Crippen LogP contribution in [0.15, 0.2) is 31.0 Å². The van der Waals surface area contributed by atoms with Crippen LogP contribution in [0.4, 0.5) is 4.79 Å². The lowest BCUT2D eigenvalue weighted by molar-refractivity contribution is -0.142. The van der Waals surface area contributed by atoms with Crippen molar-refractivity contribution in [3.8, 4) is 11.6 Å². The number of likely N-dealkylation sites (tertiary alicyclic amines) is 1. The molecule has 1 amide bonds. The van der Waals surface area contributed by atoms with Gasteiger partial charge in [-0.3, -0.25) is 4.90 Å². The van der Waals surface area contributed by atoms with E-state index in [1.165, 1.54) is 4.90 Å². The van der Waals surface area contributed by atoms with E-state index in [0.717, 1.165) is 16.3 Å². The number of fused-ring (bicyclic) bond motifs is 1. The Labute approximate surface area is 175 Å². The number of hydrogen-bond donors (Lipinski definition) is 1. The van der Waals surface area contributed by atoms with Gasteiger partial charge in [0, 0.05) is 23.6 Å². The van der Waals surface area contributed by atoms with E-state index in [2.05, 4.69) is 11.6 Å². The minimum absolute atomic E-state index is 0.0917. The fourth-order valence-electron chi connectivity index (χ4n) is 3.42. The van der Waals surface area contributed by atoms with Gasteiger partial charge < -0.3 is 19.3 Å². The highest BCUT2D eigenvalue weighted by Crippen LogP contribution is 2.33. The van der Waals surface area contributed by atoms with Crippen molar-refractivity contribution in [1.82, 2.24) is 9.88 Å². The summed E-state index contributed by atoms with van der Waals surface area (Å²) < 4.78 is 16.8. The van der Waals surface area contributed by atoms with Crippen molar-refractivity contribution in [2.75, 3.05) is 13.7 Å². The Kier molecular flexibility index (Phi) is 5.87. The summed E-state index contributed by atoms with van der Waals surface area (Å²) in [6.45, 7) is 9.09. The van der Waals surface area contributed by atoms with E-state index in [9.17, 15) is 14.7 Å². The molecular weight excluding hydrogens is 388 g/mol. The molecule has 1 N–H and O–H groups in total. The van der Waals surface area contributed by atoms with Gasteiger partial charge in [-0.1, -0.05) is 12.7 Å². The maximum Gasteiger partial charge on any atom is 0.411 e. The highest BCUT2D eigenvalue weighted by atomic mass is 16.6. The Hall–Kier alpha value is -3.29. The van der Waals surface area contributed by atoms with E-state index in [0.29, 0.717) is 11.6 Å². The van der Waals surface area contributed by atoms with E-state index in [-0.39, 0.29) is 13.0 Å². The predicted octanol–water partition coefficient (Wildman–Crippen LogP) is 3.73. The van der Waals surface area contributed by atoms with Gasteiger partial charge in [-0.2, -0.15) is 0 Å². The number of pyridine rings is 1. The van der Waals surface area contributed by atoms with Crippen molar-refractivity contribution in [3.05, 3.63) is 36.5 Å². The highest BCUT2D eigenvalue weighted by Gasteiger charge is 2.43. The first-order valence-electron chi connectivity index (χ1n) is 9.61. The molecule has 8 nitrogen and oxygen atoms in total. The van der Waals surface area contributed by atoms with Gasteiger partial charge in [0.2, 0.25) is 5.88 Å². The number of benzene rings is 1. The third-order valence-corrected chi connectivity index (χ3v) is 4.75. The largest absolute Gasteiger partial charge is 0.496 e. The Bertz CT molecular complexity index is 981. The molecule has 1 unspecified atom stereocenters. The summed E-state index contributed by atoms with van der Waals surface area (Å²) in [5.41, 5.74) is 0.0595. The van der Waals surface area contributed by atoms with Gasteiger partial charge in [0.1, 0.15) is 23.5 Å². The van der Waals surface area contributed by atoms with Gasteiger partial charge in [-0.25, -0.2) is 14.6 Å². The second-order valence-electron chi connectivity index (χ2n) is 8.10. The number of amides is 1. The average molecular weight is 414 g/mol. The molecule has 2 atom stereocenters. The van der Waals surface area contributed by atoms with Gasteiger partial charge in [0.05, 0.1) is 13.7 Å². The molecule has 1 aromatic heterocycles. The molecule has 2 aromatic rings. The average Bonchev–Trinajstić information content (AvgIpc) is 3.10. The molecule has 0 aliphatic carbocycles. The molecule has 160 valence electrons. The van der Waals surface area contributed by atoms with Crippen LogP contribution in [0.25, 0.3) is 16.8 Å². The summed E-state index contributed by atoms with van der Waals surface area (Å²) in [6.07, 6.45) is 2.21. The molecule has 1 aliphatic rings. The number of nitrogens with zero attached hydrogens (tertiary/aromatic N) is 2. The molecular formula is C22H26N2O6. The first-order valence-corrected chi connectivity index (χ1v) is 9.61. The lowest BCUT2D eigenvalue weighted by atomic mass is 10.1. The smallest absolute Gasteiger partial charge is 0.411 e. The van der Waals surface area contributed by atoms with E-state index in [4.69, 9.17) is 14.2 Å². The minimum atomic E-state index is -1.10. The number of carbonyl (C=O) groups is 2. The van der Waals surface area contributed by atoms with Crippen LogP contribution in [-0.4, -0.2) is 58.5 Å². The number of ether oxygens (including phenoxy) is 3. The molecule has 1 saturated heterocycles. The topological polar surface area (TPSA) is 98.2 Å². The highest BCUT2D eigenvalue weighted by molar-refractivity contribution is 5.90. The molecule has 1 fully saturated rings. The van der Waals surface area contributed by atoms with Crippen LogP contribution in [-0.2, 0) is 9.53 Å². The molecule has 3 rings (SSSR count). The lowest BCUT2D eigenvalue weighted by Crippen LogP contribution is -2.43. The zero-order valence-electron chi connectivity index (χ0n) is 17.5. The third kappa shape index (κ3) is 4.48. The fourth-order valence-corrected chi connectivity index (χ4v) is 3.42. The molecule has 0 bridgehead atoms. The fraction of sp³-hybridized carbons (Fsp3) is 0.409. The Balaban J connectivity index is 1.87. The van der Waals surface area contributed by atoms with Crippen molar-refractivity contribution in [2.45, 2.75) is 44.9 Å². The third-order valence-electron chi connectivity index (χ3n) is 4.75. The summed E-state index contributed by atoms with van der Waals surface area (Å²) in [5.74, 6) is -0.0625. The molecule has 2 heterocycles. The number of carboxylic acids is 1. The molecule has 0 spiro atoms. The molecule has 1 aliphatic heterocycles. The first kappa shape index (κ1) is 21.4. The summed E-state index contributed by atoms with van der Waals surface area (Å²) in [7, 11) is 1.59. The van der Waals surface area contributed by atoms with Crippen molar-refractivity contribution in [2.24, 2.45) is 0 Å². The lowest BCUT2D eigenvalue weighted by Gasteiger charge is -2.26. The van der Waals surface area contributed by atoms with Crippen LogP contribution in [0.3, 0.4) is 0 Å². The molecule has 30 heavy (non-hydrogen) atoms. The zero-order chi connectivity index (χ0) is 22.1. The Morgan fingerprint density at radius 3 is 2.67 bits per heavy atom. The van der Waals surface area contributed by atoms with Crippen molar-refractivity contribution in [1.29, 1.82) is 0 Å². The predicted molar refractivity (Wildman–Crippen MR) is 112 cm³/mol. The van der Waals surface area contributed by atoms with E-state index in [1.807, 2.05) is 18.2 Å². The summed E-state index contributed by atoms with van der Waals surface area (Å²) in [6, 6.07) is 4.53. The summed E-state index contributed by atoms with van der Waals surface area (Å²) in [4.78, 5) is 29.7. The van der Waals surface area contributed by atoms with E-state index >= 15 is 0 Å². The molecule has 8 heteroatoms. The number of rotatable bonds is 5. The SMILES string of the molecule is C=Cc1cc2c(O[C@@H]3CC(C(=O)O)N(C(=O)OC(C)(C)C)C3)nccc2cc1OC. The van der Waals surface area contributed by atoms with Crippen molar-refractivity contribution < 1.29 is 28.9 Å². The minimum Gasteiger partial charge on any atom is -0.496 e. The normalized spacial score (nSPS) is 18.9. The monoisotopic (exact) mass is 414 g/mol. The number of hydrogen-bond acceptors (Lipinski definition) is 6. The Morgan fingerprint density at radius 1 is 1.33 bits per heavy atom. The number of carboxylic acid groups (broad SMARTS) is 1. The number of aliphatic carboxylic acids is 1. The molecule has 0 radical (unpaired) electrons. The first-order chi connectivity index (χ1) is 14.1. The van der Waals surface area contributed by atoms with E-state index < -0.39 is 29.8 Å². The van der Waals surface area contributed by atoms with Crippen LogP contribution in [0.2, 0.25) is 0 Å². The second-order valence-corrected chi connectivity index (χ2v) is 8.10. The number of aromatic nitrogens is 1. The number of methoxy groups -OCH3 is 1. The maximum absolute atomic E-state index is 12.5. The van der Waals surface area contributed by atoms with Crippen LogP contribution in [0.1, 0.15) is 32.8 Å². The quantitative estimate of drug-likeness (QED) is 0.796. The van der Waals surface area contributed by atoms with Crippen molar-refractivity contribution >= 4 is 28.9 Å². The van der Waals surface area contributed by atoms with Crippen molar-refractivity contribution in [3.63, 3.8) is 0 Å². The summed E-state index contributed by atoms with van der Waals surface area (Å²) >= 11 is 0. The second kappa shape index (κ2) is 8.22. The van der Waals surface area contributed by atoms with Gasteiger partial charge >= 0.3 is 12.1 Å². The van der Waals surface area contributed by atoms with E-state index in [1.54, 1.807) is 40.2 Å². The Morgan fingerprint density at radius 2 is 2.07 bits per heavy atom. The van der Waals surface area contributed by atoms with Crippen LogP contribution < -0.4 is 9.47 Å². The number of carbonyl (C=O) groups excluding carboxylic acids is 1. The molecule has 0 saturated carbocycles. The van der Waals surface area contributed by atoms with Crippen LogP contribution in [0, 0.1) is 0 Å². The standard InChI is InChI=1S/C22H26N2O6/c1-6-13-9-16-14(10-18(13)28-5)7-8-23-19(16)29-15-11-17(20(25)26)24(12-15)21(27)30-22(2,3)4/h6-10,15,17H,1,11-12H2,2-5H3,(H,25,26)/t15-,17?/m1/s1. The van der Waals surface area contributed by atoms with Gasteiger partial charge in [0.15, 0.2) is 0 Å². The maximum atomic E-state index is 12.5. The van der Waals surface area contributed by atoms with Gasteiger partial charge in [-0.15, -0.1) is 0 Å². The van der Waals surface area contributed by atoms with Gasteiger partial charge in [-0.05, 0) is 44.4 Å².